The summed E-state index contributed by atoms with van der Waals surface area (Å²) in [5.41, 5.74) is 0. The van der Waals surface area contributed by atoms with Gasteiger partial charge in [0.05, 0.1) is 0 Å². The summed E-state index contributed by atoms with van der Waals surface area (Å²) in [6, 6.07) is 0. The van der Waals surface area contributed by atoms with Gasteiger partial charge in [-0.1, -0.05) is 0 Å². The lowest BCUT2D eigenvalue weighted by atomic mass is 10.4. The fourth-order valence-electron chi connectivity index (χ4n) is 2.86. The average molecular weight is 456 g/mol. The molecule has 0 N–H and O–H groups in total. The van der Waals surface area contributed by atoms with Gasteiger partial charge in [-0.05, 0) is 53.4 Å². The molecule has 0 saturated heterocycles. The fourth-order valence-corrected chi connectivity index (χ4v) is 5.16. The van der Waals surface area contributed by atoms with Crippen LogP contribution in [0.1, 0.15) is 41.0 Å². The van der Waals surface area contributed by atoms with E-state index in [0.717, 1.165) is 68.8 Å². The van der Waals surface area contributed by atoms with Gasteiger partial charge in [-0.2, -0.15) is 0 Å². The first kappa shape index (κ1) is 29.6. The Morgan fingerprint density at radius 1 is 0.621 bits per heavy atom. The minimum Gasteiger partial charge on any atom is -0.382 e. The standard InChI is InChI=1S/C21H47NO5P2/c1-6-23-15-11-12-22(13-16-28-18-20(24-7-2)25-8-3)14-17-29-19-21(26-9-4)27-10-5/h20-21,28-29H,6-19H2,1-5H3. The van der Waals surface area contributed by atoms with Crippen molar-refractivity contribution < 1.29 is 23.7 Å². The predicted octanol–water partition coefficient (Wildman–Crippen LogP) is 3.87. The van der Waals surface area contributed by atoms with Crippen LogP contribution in [0.15, 0.2) is 0 Å². The molecule has 0 aliphatic heterocycles. The molecule has 176 valence electrons. The van der Waals surface area contributed by atoms with Gasteiger partial charge in [0.1, 0.15) is 0 Å². The molecule has 0 heterocycles. The van der Waals surface area contributed by atoms with Gasteiger partial charge >= 0.3 is 0 Å². The number of ether oxygens (including phenoxy) is 5. The quantitative estimate of drug-likeness (QED) is 0.132. The highest BCUT2D eigenvalue weighted by Gasteiger charge is 2.11. The molecule has 0 fully saturated rings. The van der Waals surface area contributed by atoms with Crippen molar-refractivity contribution in [3.8, 4) is 0 Å². The molecule has 0 rings (SSSR count). The van der Waals surface area contributed by atoms with Crippen molar-refractivity contribution in [3.63, 3.8) is 0 Å². The van der Waals surface area contributed by atoms with E-state index in [4.69, 9.17) is 23.7 Å². The second-order valence-electron chi connectivity index (χ2n) is 6.48. The van der Waals surface area contributed by atoms with Crippen molar-refractivity contribution in [2.75, 3.05) is 83.9 Å². The van der Waals surface area contributed by atoms with Crippen LogP contribution in [0.25, 0.3) is 0 Å². The van der Waals surface area contributed by atoms with E-state index in [1.807, 2.05) is 27.7 Å². The van der Waals surface area contributed by atoms with Gasteiger partial charge in [-0.15, -0.1) is 17.2 Å². The Morgan fingerprint density at radius 2 is 1.07 bits per heavy atom. The molecule has 8 heteroatoms. The summed E-state index contributed by atoms with van der Waals surface area (Å²) >= 11 is 0. The number of nitrogens with zero attached hydrogens (tertiary/aromatic N) is 1. The van der Waals surface area contributed by atoms with Crippen LogP contribution in [0.3, 0.4) is 0 Å². The van der Waals surface area contributed by atoms with Gasteiger partial charge in [-0.25, -0.2) is 0 Å². The van der Waals surface area contributed by atoms with Crippen LogP contribution < -0.4 is 0 Å². The topological polar surface area (TPSA) is 49.4 Å². The Balaban J connectivity index is 4.18. The molecule has 0 aliphatic carbocycles. The highest BCUT2D eigenvalue weighted by Crippen LogP contribution is 2.17. The third kappa shape index (κ3) is 19.1. The van der Waals surface area contributed by atoms with E-state index in [9.17, 15) is 0 Å². The first-order valence-corrected chi connectivity index (χ1v) is 14.2. The molecule has 0 bridgehead atoms. The number of hydrogen-bond donors (Lipinski definition) is 0. The zero-order valence-corrected chi connectivity index (χ0v) is 21.5. The molecule has 0 radical (unpaired) electrons. The van der Waals surface area contributed by atoms with Crippen LogP contribution in [-0.4, -0.2) is 101 Å². The van der Waals surface area contributed by atoms with Crippen molar-refractivity contribution >= 4 is 17.2 Å². The average Bonchev–Trinajstić information content (AvgIpc) is 2.71. The maximum absolute atomic E-state index is 5.65. The van der Waals surface area contributed by atoms with Gasteiger partial charge in [0, 0.05) is 71.6 Å². The second kappa shape index (κ2) is 23.3. The molecule has 2 unspecified atom stereocenters. The lowest BCUT2D eigenvalue weighted by Crippen LogP contribution is -2.31. The predicted molar refractivity (Wildman–Crippen MR) is 128 cm³/mol. The largest absolute Gasteiger partial charge is 0.382 e. The Hall–Kier alpha value is 0.620. The summed E-state index contributed by atoms with van der Waals surface area (Å²) in [7, 11) is 1.74. The van der Waals surface area contributed by atoms with E-state index < -0.39 is 0 Å². The third-order valence-electron chi connectivity index (χ3n) is 4.21. The molecule has 0 aromatic carbocycles. The van der Waals surface area contributed by atoms with Gasteiger partial charge < -0.3 is 28.6 Å². The van der Waals surface area contributed by atoms with Gasteiger partial charge in [-0.3, -0.25) is 0 Å². The minimum absolute atomic E-state index is 0.0368. The van der Waals surface area contributed by atoms with Crippen molar-refractivity contribution in [2.45, 2.75) is 53.6 Å². The molecule has 0 saturated carbocycles. The maximum Gasteiger partial charge on any atom is 0.161 e. The summed E-state index contributed by atoms with van der Waals surface area (Å²) in [5.74, 6) is 0. The Labute approximate surface area is 183 Å². The highest BCUT2D eigenvalue weighted by atomic mass is 31.1. The fraction of sp³-hybridized carbons (Fsp3) is 1.00. The molecule has 0 spiro atoms. The molecule has 0 aromatic heterocycles. The molecular formula is C21H47NO5P2. The zero-order valence-electron chi connectivity index (χ0n) is 19.5. The Kier molecular flexibility index (Phi) is 23.8. The van der Waals surface area contributed by atoms with Crippen molar-refractivity contribution in [2.24, 2.45) is 0 Å². The summed E-state index contributed by atoms with van der Waals surface area (Å²) in [6.07, 6.45) is 5.43. The maximum atomic E-state index is 5.65. The summed E-state index contributed by atoms with van der Waals surface area (Å²) in [4.78, 5) is 2.59. The van der Waals surface area contributed by atoms with E-state index in [1.54, 1.807) is 0 Å². The van der Waals surface area contributed by atoms with Crippen molar-refractivity contribution in [1.29, 1.82) is 0 Å². The van der Waals surface area contributed by atoms with E-state index in [1.165, 1.54) is 12.3 Å². The van der Waals surface area contributed by atoms with Crippen LogP contribution >= 0.6 is 17.2 Å². The van der Waals surface area contributed by atoms with Crippen LogP contribution in [0, 0.1) is 0 Å². The lowest BCUT2D eigenvalue weighted by Gasteiger charge is -2.24. The van der Waals surface area contributed by atoms with Gasteiger partial charge in [0.2, 0.25) is 0 Å². The normalized spacial score (nSPS) is 12.8. The SMILES string of the molecule is CCOCCCN(CCPCC(OCC)OCC)CCPCC(OCC)OCC. The van der Waals surface area contributed by atoms with E-state index in [-0.39, 0.29) is 12.6 Å². The minimum atomic E-state index is -0.0368. The number of hydrogen-bond acceptors (Lipinski definition) is 6. The third-order valence-corrected chi connectivity index (χ3v) is 6.61. The summed E-state index contributed by atoms with van der Waals surface area (Å²) < 4.78 is 28.1. The van der Waals surface area contributed by atoms with Crippen LogP contribution in [0.2, 0.25) is 0 Å². The lowest BCUT2D eigenvalue weighted by molar-refractivity contribution is -0.120. The van der Waals surface area contributed by atoms with E-state index in [0.29, 0.717) is 26.4 Å². The summed E-state index contributed by atoms with van der Waals surface area (Å²) in [6.45, 7) is 18.0. The molecule has 6 nitrogen and oxygen atoms in total. The van der Waals surface area contributed by atoms with E-state index in [2.05, 4.69) is 11.8 Å². The first-order chi connectivity index (χ1) is 14.2. The second-order valence-corrected chi connectivity index (χ2v) is 9.30. The van der Waals surface area contributed by atoms with Crippen LogP contribution in [0.5, 0.6) is 0 Å². The van der Waals surface area contributed by atoms with Crippen molar-refractivity contribution in [3.05, 3.63) is 0 Å². The van der Waals surface area contributed by atoms with Gasteiger partial charge in [0.25, 0.3) is 0 Å². The summed E-state index contributed by atoms with van der Waals surface area (Å²) in [5, 5.41) is 0. The molecule has 0 aliphatic rings. The monoisotopic (exact) mass is 455 g/mol. The first-order valence-electron chi connectivity index (χ1n) is 11.4. The van der Waals surface area contributed by atoms with Crippen LogP contribution in [-0.2, 0) is 23.7 Å². The number of rotatable bonds is 23. The molecule has 0 aromatic rings. The highest BCUT2D eigenvalue weighted by molar-refractivity contribution is 7.38. The van der Waals surface area contributed by atoms with Gasteiger partial charge in [0.15, 0.2) is 12.6 Å². The molecule has 0 amide bonds. The Morgan fingerprint density at radius 3 is 1.45 bits per heavy atom. The zero-order chi connectivity index (χ0) is 21.6. The Bertz CT molecular complexity index is 293. The van der Waals surface area contributed by atoms with E-state index >= 15 is 0 Å². The molecule has 2 atom stereocenters. The molecular weight excluding hydrogens is 408 g/mol. The van der Waals surface area contributed by atoms with Crippen LogP contribution in [0.4, 0.5) is 0 Å². The smallest absolute Gasteiger partial charge is 0.161 e. The molecule has 29 heavy (non-hydrogen) atoms. The van der Waals surface area contributed by atoms with Crippen molar-refractivity contribution in [1.82, 2.24) is 4.90 Å².